The van der Waals surface area contributed by atoms with Gasteiger partial charge in [0.15, 0.2) is 5.96 Å². The Morgan fingerprint density at radius 3 is 2.59 bits per heavy atom. The summed E-state index contributed by atoms with van der Waals surface area (Å²) in [5, 5.41) is 6.61. The minimum absolute atomic E-state index is 0.0248. The van der Waals surface area contributed by atoms with Crippen LogP contribution in [0.1, 0.15) is 32.6 Å². The van der Waals surface area contributed by atoms with Crippen LogP contribution in [0.5, 0.6) is 0 Å². The van der Waals surface area contributed by atoms with Crippen molar-refractivity contribution in [3.8, 4) is 0 Å². The van der Waals surface area contributed by atoms with Gasteiger partial charge in [0.1, 0.15) is 0 Å². The summed E-state index contributed by atoms with van der Waals surface area (Å²) >= 11 is 5.18. The number of nitrogens with zero attached hydrogens (tertiary/aromatic N) is 1. The Morgan fingerprint density at radius 2 is 2.12 bits per heavy atom. The fraction of sp³-hybridized carbons (Fsp3) is 0.583. The van der Waals surface area contributed by atoms with E-state index in [1.54, 1.807) is 11.3 Å². The fourth-order valence-corrected chi connectivity index (χ4v) is 2.66. The molecule has 0 aliphatic carbocycles. The highest BCUT2D eigenvalue weighted by Gasteiger charge is 2.11. The van der Waals surface area contributed by atoms with Gasteiger partial charge in [0.05, 0.1) is 10.3 Å². The molecule has 0 fully saturated rings. The summed E-state index contributed by atoms with van der Waals surface area (Å²) in [7, 11) is 0. The van der Waals surface area contributed by atoms with Crippen molar-refractivity contribution in [2.75, 3.05) is 6.54 Å². The molecule has 1 aromatic rings. The quantitative estimate of drug-likeness (QED) is 0.662. The molecule has 0 bridgehead atoms. The van der Waals surface area contributed by atoms with Crippen LogP contribution in [0.4, 0.5) is 0 Å². The van der Waals surface area contributed by atoms with Crippen LogP contribution in [0.25, 0.3) is 0 Å². The van der Waals surface area contributed by atoms with E-state index in [4.69, 9.17) is 0 Å². The van der Waals surface area contributed by atoms with Crippen LogP contribution in [0.3, 0.4) is 0 Å². The molecular weight excluding hydrogens is 298 g/mol. The van der Waals surface area contributed by atoms with Crippen LogP contribution in [0.2, 0.25) is 0 Å². The highest BCUT2D eigenvalue weighted by molar-refractivity contribution is 9.11. The van der Waals surface area contributed by atoms with Crippen molar-refractivity contribution in [2.45, 2.75) is 39.8 Å². The van der Waals surface area contributed by atoms with Crippen LogP contribution < -0.4 is 10.6 Å². The highest BCUT2D eigenvalue weighted by Crippen LogP contribution is 2.22. The summed E-state index contributed by atoms with van der Waals surface area (Å²) in [4.78, 5) is 5.82. The van der Waals surface area contributed by atoms with Crippen LogP contribution in [0, 0.1) is 0 Å². The number of nitrogens with one attached hydrogen (secondary N) is 2. The molecule has 1 rings (SSSR count). The average Bonchev–Trinajstić information content (AvgIpc) is 2.59. The first-order valence-electron chi connectivity index (χ1n) is 5.71. The van der Waals surface area contributed by atoms with Gasteiger partial charge in [0.2, 0.25) is 0 Å². The molecule has 1 aromatic heterocycles. The minimum Gasteiger partial charge on any atom is -0.357 e. The predicted octanol–water partition coefficient (Wildman–Crippen LogP) is 3.36. The summed E-state index contributed by atoms with van der Waals surface area (Å²) in [6, 6.07) is 4.15. The average molecular weight is 318 g/mol. The van der Waals surface area contributed by atoms with Crippen molar-refractivity contribution < 1.29 is 0 Å². The van der Waals surface area contributed by atoms with Gasteiger partial charge in [0, 0.05) is 17.0 Å². The van der Waals surface area contributed by atoms with Crippen LogP contribution in [-0.4, -0.2) is 18.0 Å². The van der Waals surface area contributed by atoms with Crippen molar-refractivity contribution in [3.63, 3.8) is 0 Å². The van der Waals surface area contributed by atoms with Gasteiger partial charge in [-0.3, -0.25) is 0 Å². The van der Waals surface area contributed by atoms with Gasteiger partial charge in [-0.15, -0.1) is 11.3 Å². The molecule has 0 radical (unpaired) electrons. The molecule has 0 aliphatic heterocycles. The van der Waals surface area contributed by atoms with Crippen molar-refractivity contribution in [1.29, 1.82) is 0 Å². The highest BCUT2D eigenvalue weighted by atomic mass is 79.9. The second kappa shape index (κ2) is 6.40. The van der Waals surface area contributed by atoms with Gasteiger partial charge in [-0.25, -0.2) is 4.99 Å². The summed E-state index contributed by atoms with van der Waals surface area (Å²) in [6.45, 7) is 10.0. The third-order valence-corrected chi connectivity index (χ3v) is 3.47. The molecule has 0 saturated heterocycles. The molecule has 1 heterocycles. The van der Waals surface area contributed by atoms with E-state index in [0.717, 1.165) is 16.3 Å². The maximum Gasteiger partial charge on any atom is 0.192 e. The first-order chi connectivity index (χ1) is 7.90. The molecule has 96 valence electrons. The monoisotopic (exact) mass is 317 g/mol. The number of aliphatic imine (C=N–C) groups is 1. The molecular formula is C12H20BrN3S. The zero-order valence-electron chi connectivity index (χ0n) is 10.8. The SMILES string of the molecule is CCNC(=NCc1ccc(Br)s1)NC(C)(C)C. The number of rotatable bonds is 3. The van der Waals surface area contributed by atoms with Crippen LogP contribution >= 0.6 is 27.3 Å². The van der Waals surface area contributed by atoms with E-state index in [9.17, 15) is 0 Å². The van der Waals surface area contributed by atoms with E-state index < -0.39 is 0 Å². The summed E-state index contributed by atoms with van der Waals surface area (Å²) in [6.07, 6.45) is 0. The predicted molar refractivity (Wildman–Crippen MR) is 79.7 cm³/mol. The lowest BCUT2D eigenvalue weighted by molar-refractivity contribution is 0.501. The second-order valence-corrected chi connectivity index (χ2v) is 7.32. The molecule has 5 heteroatoms. The second-order valence-electron chi connectivity index (χ2n) is 4.78. The van der Waals surface area contributed by atoms with E-state index in [1.165, 1.54) is 4.88 Å². The van der Waals surface area contributed by atoms with Crippen LogP contribution in [-0.2, 0) is 6.54 Å². The number of thiophene rings is 1. The molecule has 0 aliphatic rings. The summed E-state index contributed by atoms with van der Waals surface area (Å²) in [5.74, 6) is 0.865. The number of halogens is 1. The fourth-order valence-electron chi connectivity index (χ4n) is 1.26. The van der Waals surface area contributed by atoms with Gasteiger partial charge in [-0.05, 0) is 55.8 Å². The van der Waals surface area contributed by atoms with Gasteiger partial charge in [0.25, 0.3) is 0 Å². The normalized spacial score (nSPS) is 12.6. The number of guanidine groups is 1. The standard InChI is InChI=1S/C12H20BrN3S/c1-5-14-11(16-12(2,3)4)15-8-9-6-7-10(13)17-9/h6-7H,5,8H2,1-4H3,(H2,14,15,16). The first-order valence-corrected chi connectivity index (χ1v) is 7.32. The molecule has 17 heavy (non-hydrogen) atoms. The zero-order valence-corrected chi connectivity index (χ0v) is 13.2. The van der Waals surface area contributed by atoms with E-state index in [0.29, 0.717) is 6.54 Å². The minimum atomic E-state index is 0.0248. The number of hydrogen-bond donors (Lipinski definition) is 2. The summed E-state index contributed by atoms with van der Waals surface area (Å²) in [5.41, 5.74) is 0.0248. The lowest BCUT2D eigenvalue weighted by Crippen LogP contribution is -2.47. The molecule has 0 aromatic carbocycles. The summed E-state index contributed by atoms with van der Waals surface area (Å²) < 4.78 is 1.15. The Balaban J connectivity index is 2.63. The molecule has 0 amide bonds. The van der Waals surface area contributed by atoms with Crippen molar-refractivity contribution >= 4 is 33.2 Å². The van der Waals surface area contributed by atoms with Crippen molar-refractivity contribution in [3.05, 3.63) is 20.8 Å². The largest absolute Gasteiger partial charge is 0.357 e. The maximum absolute atomic E-state index is 4.57. The van der Waals surface area contributed by atoms with E-state index >= 15 is 0 Å². The van der Waals surface area contributed by atoms with Crippen LogP contribution in [0.15, 0.2) is 20.9 Å². The number of hydrogen-bond acceptors (Lipinski definition) is 2. The van der Waals surface area contributed by atoms with Crippen molar-refractivity contribution in [1.82, 2.24) is 10.6 Å². The topological polar surface area (TPSA) is 36.4 Å². The van der Waals surface area contributed by atoms with E-state index in [1.807, 2.05) is 0 Å². The van der Waals surface area contributed by atoms with E-state index in [-0.39, 0.29) is 5.54 Å². The first kappa shape index (κ1) is 14.5. The van der Waals surface area contributed by atoms with Gasteiger partial charge < -0.3 is 10.6 Å². The van der Waals surface area contributed by atoms with Gasteiger partial charge >= 0.3 is 0 Å². The van der Waals surface area contributed by atoms with E-state index in [2.05, 4.69) is 71.4 Å². The Hall–Kier alpha value is -0.550. The van der Waals surface area contributed by atoms with Gasteiger partial charge in [-0.1, -0.05) is 0 Å². The molecule has 3 nitrogen and oxygen atoms in total. The molecule has 0 saturated carbocycles. The lowest BCUT2D eigenvalue weighted by atomic mass is 10.1. The third-order valence-electron chi connectivity index (χ3n) is 1.86. The Labute approximate surface area is 116 Å². The zero-order chi connectivity index (χ0) is 12.9. The van der Waals surface area contributed by atoms with Crippen molar-refractivity contribution in [2.24, 2.45) is 4.99 Å². The maximum atomic E-state index is 4.57. The molecule has 0 spiro atoms. The Kier molecular flexibility index (Phi) is 5.46. The third kappa shape index (κ3) is 6.07. The molecule has 2 N–H and O–H groups in total. The molecule has 0 atom stereocenters. The Morgan fingerprint density at radius 1 is 1.41 bits per heavy atom. The lowest BCUT2D eigenvalue weighted by Gasteiger charge is -2.23. The molecule has 0 unspecified atom stereocenters. The van der Waals surface area contributed by atoms with Gasteiger partial charge in [-0.2, -0.15) is 0 Å². The Bertz CT molecular complexity index is 379. The smallest absolute Gasteiger partial charge is 0.192 e.